The van der Waals surface area contributed by atoms with Crippen LogP contribution in [0.5, 0.6) is 0 Å². The Hall–Kier alpha value is 0.234. The Bertz CT molecular complexity index is 225. The van der Waals surface area contributed by atoms with E-state index in [9.17, 15) is 0 Å². The summed E-state index contributed by atoms with van der Waals surface area (Å²) in [5.74, 6) is 0. The monoisotopic (exact) mass is 337 g/mol. The van der Waals surface area contributed by atoms with Crippen LogP contribution in [0.15, 0.2) is 0 Å². The number of methoxy groups -OCH3 is 4. The molecule has 0 aliphatic heterocycles. The third kappa shape index (κ3) is 9.77. The lowest BCUT2D eigenvalue weighted by Gasteiger charge is -2.26. The van der Waals surface area contributed by atoms with Crippen LogP contribution in [0.1, 0.15) is 26.7 Å². The first-order chi connectivity index (χ1) is 9.95. The number of hydrogen-bond acceptors (Lipinski definition) is 5. The van der Waals surface area contributed by atoms with E-state index in [0.29, 0.717) is 0 Å². The first kappa shape index (κ1) is 21.2. The van der Waals surface area contributed by atoms with Crippen molar-refractivity contribution in [3.05, 3.63) is 0 Å². The van der Waals surface area contributed by atoms with E-state index in [-0.39, 0.29) is 29.9 Å². The van der Waals surface area contributed by atoms with Gasteiger partial charge in [0.2, 0.25) is 0 Å². The second kappa shape index (κ2) is 11.8. The van der Waals surface area contributed by atoms with Crippen LogP contribution >= 0.6 is 0 Å². The molecule has 7 heteroatoms. The molecule has 128 valence electrons. The molecule has 0 spiro atoms. The predicted molar refractivity (Wildman–Crippen MR) is 93.7 cm³/mol. The van der Waals surface area contributed by atoms with Crippen molar-refractivity contribution >= 4 is 19.0 Å². The number of hydrogen-bond donors (Lipinski definition) is 1. The van der Waals surface area contributed by atoms with Crippen LogP contribution in [0.2, 0.25) is 12.1 Å². The van der Waals surface area contributed by atoms with Crippen LogP contribution < -0.4 is 5.32 Å². The zero-order valence-corrected chi connectivity index (χ0v) is 17.6. The second-order valence-corrected chi connectivity index (χ2v) is 10.7. The first-order valence-corrected chi connectivity index (χ1v) is 11.3. The Morgan fingerprint density at radius 1 is 0.714 bits per heavy atom. The van der Waals surface area contributed by atoms with Crippen LogP contribution in [0.3, 0.4) is 0 Å². The predicted octanol–water partition coefficient (Wildman–Crippen LogP) is 0.463. The molecule has 0 aliphatic rings. The van der Waals surface area contributed by atoms with Gasteiger partial charge in [0.25, 0.3) is 0 Å². The summed E-state index contributed by atoms with van der Waals surface area (Å²) in [7, 11) is 6.21. The Morgan fingerprint density at radius 2 is 1.05 bits per heavy atom. The van der Waals surface area contributed by atoms with Gasteiger partial charge in [-0.2, -0.15) is 0 Å². The van der Waals surface area contributed by atoms with Crippen LogP contribution in [0, 0.1) is 0 Å². The fourth-order valence-electron chi connectivity index (χ4n) is 2.09. The summed E-state index contributed by atoms with van der Waals surface area (Å²) < 4.78 is 21.6. The third-order valence-corrected chi connectivity index (χ3v) is 8.87. The average Bonchev–Trinajstić information content (AvgIpc) is 2.52. The van der Waals surface area contributed by atoms with Crippen molar-refractivity contribution in [3.63, 3.8) is 0 Å². The molecule has 0 fully saturated rings. The smallest absolute Gasteiger partial charge is 0.141 e. The van der Waals surface area contributed by atoms with Gasteiger partial charge in [0.05, 0.1) is 19.0 Å². The van der Waals surface area contributed by atoms with Crippen LogP contribution in [-0.2, 0) is 18.9 Å². The van der Waals surface area contributed by atoms with Gasteiger partial charge in [-0.3, -0.25) is 0 Å². The van der Waals surface area contributed by atoms with E-state index in [1.54, 1.807) is 28.4 Å². The highest BCUT2D eigenvalue weighted by Gasteiger charge is 2.22. The standard InChI is InChI=1S/C14H35NO4Si2/c1-13(16-3,17-4)20-11-7-9-15-10-8-12-21-14(2,18-5)19-6/h15H,7-12,20-21H2,1-6H3. The quantitative estimate of drug-likeness (QED) is 0.284. The Kier molecular flexibility index (Phi) is 11.9. The van der Waals surface area contributed by atoms with E-state index in [0.717, 1.165) is 13.1 Å². The zero-order chi connectivity index (χ0) is 16.2. The molecule has 0 aromatic heterocycles. The molecule has 0 bridgehead atoms. The molecule has 0 atom stereocenters. The van der Waals surface area contributed by atoms with Crippen molar-refractivity contribution in [1.29, 1.82) is 0 Å². The maximum Gasteiger partial charge on any atom is 0.141 e. The minimum Gasteiger partial charge on any atom is -0.358 e. The lowest BCUT2D eigenvalue weighted by atomic mass is 10.4. The van der Waals surface area contributed by atoms with Gasteiger partial charge in [-0.1, -0.05) is 12.1 Å². The summed E-state index contributed by atoms with van der Waals surface area (Å²) in [6.07, 6.45) is 2.42. The van der Waals surface area contributed by atoms with Gasteiger partial charge in [-0.05, 0) is 39.8 Å². The molecular formula is C14H35NO4Si2. The van der Waals surface area contributed by atoms with E-state index in [1.165, 1.54) is 24.9 Å². The van der Waals surface area contributed by atoms with Crippen molar-refractivity contribution in [2.75, 3.05) is 41.5 Å². The third-order valence-electron chi connectivity index (χ3n) is 4.20. The van der Waals surface area contributed by atoms with Gasteiger partial charge < -0.3 is 24.3 Å². The SMILES string of the molecule is COC(C)(OC)[SiH2]CCCNCCC[SiH2]C(C)(OC)OC. The van der Waals surface area contributed by atoms with E-state index in [1.807, 2.05) is 13.8 Å². The Morgan fingerprint density at radius 3 is 1.33 bits per heavy atom. The molecule has 0 amide bonds. The normalized spacial score (nSPS) is 14.0. The maximum atomic E-state index is 5.40. The molecule has 21 heavy (non-hydrogen) atoms. The number of nitrogens with one attached hydrogen (secondary N) is 1. The summed E-state index contributed by atoms with van der Waals surface area (Å²) in [5.41, 5.74) is -0.591. The molecule has 0 unspecified atom stereocenters. The number of ether oxygens (including phenoxy) is 4. The molecule has 0 saturated carbocycles. The molecular weight excluding hydrogens is 302 g/mol. The van der Waals surface area contributed by atoms with Gasteiger partial charge in [0.15, 0.2) is 0 Å². The van der Waals surface area contributed by atoms with Gasteiger partial charge in [-0.25, -0.2) is 0 Å². The molecule has 0 aromatic rings. The van der Waals surface area contributed by atoms with Crippen LogP contribution in [-0.4, -0.2) is 71.4 Å². The van der Waals surface area contributed by atoms with Crippen molar-refractivity contribution < 1.29 is 18.9 Å². The molecule has 0 saturated heterocycles. The highest BCUT2D eigenvalue weighted by atomic mass is 28.2. The van der Waals surface area contributed by atoms with Gasteiger partial charge >= 0.3 is 0 Å². The van der Waals surface area contributed by atoms with Gasteiger partial charge in [0.1, 0.15) is 10.8 Å². The van der Waals surface area contributed by atoms with Gasteiger partial charge in [0, 0.05) is 28.4 Å². The lowest BCUT2D eigenvalue weighted by molar-refractivity contribution is -0.131. The van der Waals surface area contributed by atoms with Crippen molar-refractivity contribution in [2.24, 2.45) is 0 Å². The Labute approximate surface area is 135 Å². The Balaban J connectivity index is 3.45. The molecule has 0 radical (unpaired) electrons. The summed E-state index contributed by atoms with van der Waals surface area (Å²) >= 11 is 0. The van der Waals surface area contributed by atoms with Crippen molar-refractivity contribution in [1.82, 2.24) is 5.32 Å². The van der Waals surface area contributed by atoms with Crippen LogP contribution in [0.25, 0.3) is 0 Å². The molecule has 0 aliphatic carbocycles. The van der Waals surface area contributed by atoms with E-state index < -0.39 is 0 Å². The van der Waals surface area contributed by atoms with Crippen molar-refractivity contribution in [2.45, 2.75) is 49.6 Å². The molecule has 1 N–H and O–H groups in total. The van der Waals surface area contributed by atoms with Crippen LogP contribution in [0.4, 0.5) is 0 Å². The second-order valence-electron chi connectivity index (χ2n) is 5.75. The van der Waals surface area contributed by atoms with E-state index in [2.05, 4.69) is 5.32 Å². The lowest BCUT2D eigenvalue weighted by Crippen LogP contribution is -2.37. The molecule has 5 nitrogen and oxygen atoms in total. The minimum absolute atomic E-state index is 0.295. The summed E-state index contributed by atoms with van der Waals surface area (Å²) in [4.78, 5) is 0. The molecule has 0 rings (SSSR count). The maximum absolute atomic E-state index is 5.40. The fraction of sp³-hybridized carbons (Fsp3) is 1.00. The molecule has 0 aromatic carbocycles. The van der Waals surface area contributed by atoms with Gasteiger partial charge in [-0.15, -0.1) is 0 Å². The highest BCUT2D eigenvalue weighted by Crippen LogP contribution is 2.11. The van der Waals surface area contributed by atoms with E-state index >= 15 is 0 Å². The zero-order valence-electron chi connectivity index (χ0n) is 14.8. The largest absolute Gasteiger partial charge is 0.358 e. The average molecular weight is 338 g/mol. The molecule has 0 heterocycles. The summed E-state index contributed by atoms with van der Waals surface area (Å²) in [6.45, 7) is 6.26. The topological polar surface area (TPSA) is 49.0 Å². The fourth-order valence-corrected chi connectivity index (χ4v) is 5.19. The van der Waals surface area contributed by atoms with E-state index in [4.69, 9.17) is 18.9 Å². The minimum atomic E-state index is -0.351. The summed E-state index contributed by atoms with van der Waals surface area (Å²) in [6, 6.07) is 2.48. The number of rotatable bonds is 14. The van der Waals surface area contributed by atoms with Crippen molar-refractivity contribution in [3.8, 4) is 0 Å². The highest BCUT2D eigenvalue weighted by molar-refractivity contribution is 6.39. The first-order valence-electron chi connectivity index (χ1n) is 7.86. The summed E-state index contributed by atoms with van der Waals surface area (Å²) in [5, 5.41) is 3.51.